The third-order valence-electron chi connectivity index (χ3n) is 12.1. The fourth-order valence-electron chi connectivity index (χ4n) is 7.70. The summed E-state index contributed by atoms with van der Waals surface area (Å²) in [5.41, 5.74) is 5.37. The molecule has 9 nitrogen and oxygen atoms in total. The number of rotatable bonds is 54. The number of phosphoric ester groups is 1. The van der Waals surface area contributed by atoms with E-state index >= 15 is 0 Å². The lowest BCUT2D eigenvalue weighted by Gasteiger charge is -2.19. The number of ether oxygens (including phenoxy) is 2. The third-order valence-corrected chi connectivity index (χ3v) is 13.0. The molecule has 0 aromatic heterocycles. The highest BCUT2D eigenvalue weighted by Gasteiger charge is 2.26. The summed E-state index contributed by atoms with van der Waals surface area (Å²) in [5, 5.41) is 0. The van der Waals surface area contributed by atoms with E-state index in [4.69, 9.17) is 24.3 Å². The maximum absolute atomic E-state index is 12.7. The molecule has 0 radical (unpaired) electrons. The molecule has 10 heteroatoms. The highest BCUT2D eigenvalue weighted by atomic mass is 31.2. The molecule has 0 saturated heterocycles. The minimum Gasteiger partial charge on any atom is -0.462 e. The molecule has 426 valence electrons. The van der Waals surface area contributed by atoms with E-state index in [0.29, 0.717) is 6.42 Å². The van der Waals surface area contributed by atoms with Crippen molar-refractivity contribution in [2.45, 2.75) is 238 Å². The molecule has 0 heterocycles. The van der Waals surface area contributed by atoms with Crippen molar-refractivity contribution in [2.75, 3.05) is 26.4 Å². The standard InChI is InChI=1S/C65H108NO8P/c1-3-5-7-9-11-13-15-17-18-19-20-21-22-23-24-25-26-27-28-29-30-31-32-33-34-35-36-37-38-39-40-41-42-43-44-46-48-50-52-54-56-58-65(68)74-63(62-73-75(69,70)72-60-59-66)61-71-64(67)57-55-53-51-49-47-45-16-14-12-10-8-6-4-2/h5,7,11,13,17-18,20-21,23-24,26-27,29-30,32-33,35-36,38-39,41-42,63H,3-4,6,8-10,12,14-16,19,22,25,28,31,34,37,40,43-62,66H2,1-2H3,(H,69,70)/b7-5-,13-11-,18-17-,21-20-,24-23-,27-26-,30-29-,33-32-,36-35-,39-38-,42-41-. The Bertz CT molecular complexity index is 1680. The van der Waals surface area contributed by atoms with Crippen LogP contribution >= 0.6 is 7.82 Å². The first-order chi connectivity index (χ1) is 36.8. The van der Waals surface area contributed by atoms with E-state index < -0.39 is 26.5 Å². The third kappa shape index (κ3) is 59.3. The van der Waals surface area contributed by atoms with E-state index in [2.05, 4.69) is 148 Å². The number of carbonyl (C=O) groups is 2. The van der Waals surface area contributed by atoms with Gasteiger partial charge in [0.1, 0.15) is 6.61 Å². The summed E-state index contributed by atoms with van der Waals surface area (Å²) in [6, 6.07) is 0. The Morgan fingerprint density at radius 3 is 1.09 bits per heavy atom. The SMILES string of the molecule is CC/C=C\C/C=C\C/C=C\C/C=C\C/C=C\C/C=C\C/C=C\C/C=C\C/C=C\C/C=C\C/C=C\CCCCCCCCCC(=O)OC(COC(=O)CCCCCCCCCCCCCCC)COP(=O)(O)OCCN. The minimum absolute atomic E-state index is 0.0465. The minimum atomic E-state index is -4.39. The van der Waals surface area contributed by atoms with Crippen LogP contribution in [-0.4, -0.2) is 49.3 Å². The van der Waals surface area contributed by atoms with Crippen LogP contribution in [0.25, 0.3) is 0 Å². The van der Waals surface area contributed by atoms with Gasteiger partial charge >= 0.3 is 19.8 Å². The second kappa shape index (κ2) is 59.4. The van der Waals surface area contributed by atoms with E-state index in [9.17, 15) is 19.0 Å². The number of unbranched alkanes of at least 4 members (excludes halogenated alkanes) is 19. The average Bonchev–Trinajstić information content (AvgIpc) is 3.40. The number of hydrogen-bond acceptors (Lipinski definition) is 8. The molecule has 0 aromatic carbocycles. The average molecular weight is 1060 g/mol. The summed E-state index contributed by atoms with van der Waals surface area (Å²) >= 11 is 0. The van der Waals surface area contributed by atoms with Crippen LogP contribution in [0.4, 0.5) is 0 Å². The topological polar surface area (TPSA) is 134 Å². The van der Waals surface area contributed by atoms with Crippen molar-refractivity contribution in [3.05, 3.63) is 134 Å². The molecule has 0 amide bonds. The summed E-state index contributed by atoms with van der Waals surface area (Å²) in [7, 11) is -4.39. The van der Waals surface area contributed by atoms with Crippen molar-refractivity contribution in [3.8, 4) is 0 Å². The van der Waals surface area contributed by atoms with E-state index in [1.807, 2.05) is 0 Å². The number of carbonyl (C=O) groups excluding carboxylic acids is 2. The Morgan fingerprint density at radius 2 is 0.733 bits per heavy atom. The molecule has 0 spiro atoms. The van der Waals surface area contributed by atoms with E-state index in [-0.39, 0.29) is 38.6 Å². The predicted octanol–water partition coefficient (Wildman–Crippen LogP) is 19.0. The van der Waals surface area contributed by atoms with Gasteiger partial charge < -0.3 is 20.1 Å². The molecular weight excluding hydrogens is 954 g/mol. The summed E-state index contributed by atoms with van der Waals surface area (Å²) in [5.74, 6) is -0.845. The van der Waals surface area contributed by atoms with Gasteiger partial charge in [-0.2, -0.15) is 0 Å². The first-order valence-electron chi connectivity index (χ1n) is 29.7. The Balaban J connectivity index is 3.99. The smallest absolute Gasteiger partial charge is 0.462 e. The maximum atomic E-state index is 12.7. The highest BCUT2D eigenvalue weighted by molar-refractivity contribution is 7.47. The molecule has 3 N–H and O–H groups in total. The summed E-state index contributed by atoms with van der Waals surface area (Å²) in [6.07, 6.45) is 83.7. The molecule has 75 heavy (non-hydrogen) atoms. The van der Waals surface area contributed by atoms with Gasteiger partial charge in [-0.25, -0.2) is 4.57 Å². The Labute approximate surface area is 459 Å². The van der Waals surface area contributed by atoms with Gasteiger partial charge in [0.05, 0.1) is 13.2 Å². The van der Waals surface area contributed by atoms with Gasteiger partial charge in [-0.05, 0) is 96.3 Å². The molecule has 0 saturated carbocycles. The number of allylic oxidation sites excluding steroid dienone is 22. The van der Waals surface area contributed by atoms with Crippen LogP contribution in [0.5, 0.6) is 0 Å². The van der Waals surface area contributed by atoms with Crippen molar-refractivity contribution in [1.82, 2.24) is 0 Å². The van der Waals surface area contributed by atoms with Crippen molar-refractivity contribution < 1.29 is 37.6 Å². The van der Waals surface area contributed by atoms with Crippen molar-refractivity contribution >= 4 is 19.8 Å². The van der Waals surface area contributed by atoms with Crippen molar-refractivity contribution in [1.29, 1.82) is 0 Å². The van der Waals surface area contributed by atoms with Crippen molar-refractivity contribution in [3.63, 3.8) is 0 Å². The lowest BCUT2D eigenvalue weighted by atomic mass is 10.0. The van der Waals surface area contributed by atoms with Crippen LogP contribution in [0, 0.1) is 0 Å². The monoisotopic (exact) mass is 1060 g/mol. The van der Waals surface area contributed by atoms with Gasteiger partial charge in [-0.15, -0.1) is 0 Å². The molecular formula is C65H108NO8P. The molecule has 0 aliphatic carbocycles. The fraction of sp³-hybridized carbons (Fsp3) is 0.631. The molecule has 2 unspecified atom stereocenters. The van der Waals surface area contributed by atoms with Gasteiger partial charge in [0.25, 0.3) is 0 Å². The number of phosphoric acid groups is 1. The van der Waals surface area contributed by atoms with Crippen molar-refractivity contribution in [2.24, 2.45) is 5.73 Å². The fourth-order valence-corrected chi connectivity index (χ4v) is 8.46. The molecule has 0 aliphatic heterocycles. The second-order valence-electron chi connectivity index (χ2n) is 19.1. The lowest BCUT2D eigenvalue weighted by Crippen LogP contribution is -2.29. The van der Waals surface area contributed by atoms with Crippen LogP contribution < -0.4 is 5.73 Å². The van der Waals surface area contributed by atoms with Gasteiger partial charge in [-0.3, -0.25) is 18.6 Å². The highest BCUT2D eigenvalue weighted by Crippen LogP contribution is 2.43. The largest absolute Gasteiger partial charge is 0.472 e. The molecule has 0 rings (SSSR count). The summed E-state index contributed by atoms with van der Waals surface area (Å²) in [6.45, 7) is 3.60. The first-order valence-corrected chi connectivity index (χ1v) is 31.2. The van der Waals surface area contributed by atoms with Gasteiger partial charge in [-0.1, -0.05) is 257 Å². The molecule has 0 bridgehead atoms. The molecule has 2 atom stereocenters. The quantitative estimate of drug-likeness (QED) is 0.0264. The predicted molar refractivity (Wildman–Crippen MR) is 320 cm³/mol. The van der Waals surface area contributed by atoms with Gasteiger partial charge in [0.15, 0.2) is 6.10 Å². The Morgan fingerprint density at radius 1 is 0.413 bits per heavy atom. The summed E-state index contributed by atoms with van der Waals surface area (Å²) < 4.78 is 32.9. The van der Waals surface area contributed by atoms with Gasteiger partial charge in [0, 0.05) is 19.4 Å². The zero-order valence-corrected chi connectivity index (χ0v) is 48.4. The maximum Gasteiger partial charge on any atom is 0.472 e. The number of esters is 2. The van der Waals surface area contributed by atoms with Gasteiger partial charge in [0.2, 0.25) is 0 Å². The second-order valence-corrected chi connectivity index (χ2v) is 20.6. The van der Waals surface area contributed by atoms with Crippen LogP contribution in [-0.2, 0) is 32.7 Å². The molecule has 0 aromatic rings. The van der Waals surface area contributed by atoms with Crippen LogP contribution in [0.1, 0.15) is 232 Å². The Kier molecular flexibility index (Phi) is 56.3. The van der Waals surface area contributed by atoms with E-state index in [1.165, 1.54) is 83.5 Å². The van der Waals surface area contributed by atoms with Crippen LogP contribution in [0.2, 0.25) is 0 Å². The van der Waals surface area contributed by atoms with Crippen LogP contribution in [0.15, 0.2) is 134 Å². The first kappa shape index (κ1) is 71.2. The normalized spacial score (nSPS) is 14.0. The lowest BCUT2D eigenvalue weighted by molar-refractivity contribution is -0.161. The number of hydrogen-bond donors (Lipinski definition) is 2. The zero-order chi connectivity index (χ0) is 54.5. The summed E-state index contributed by atoms with van der Waals surface area (Å²) in [4.78, 5) is 35.1. The Hall–Kier alpha value is -3.85. The zero-order valence-electron chi connectivity index (χ0n) is 47.5. The van der Waals surface area contributed by atoms with E-state index in [1.54, 1.807) is 0 Å². The van der Waals surface area contributed by atoms with E-state index in [0.717, 1.165) is 116 Å². The number of nitrogens with two attached hydrogens (primary N) is 1. The molecule has 0 aliphatic rings. The molecule has 0 fully saturated rings. The van der Waals surface area contributed by atoms with Crippen LogP contribution in [0.3, 0.4) is 0 Å².